The third-order valence-corrected chi connectivity index (χ3v) is 3.22. The molecule has 0 amide bonds. The maximum atomic E-state index is 3.60. The maximum absolute atomic E-state index is 3.60. The third kappa shape index (κ3) is 3.06. The molecule has 0 saturated carbocycles. The lowest BCUT2D eigenvalue weighted by Crippen LogP contribution is -2.49. The lowest BCUT2D eigenvalue weighted by molar-refractivity contribution is 0.238. The summed E-state index contributed by atoms with van der Waals surface area (Å²) in [6.07, 6.45) is 1.15. The first-order valence-electron chi connectivity index (χ1n) is 6.12. The van der Waals surface area contributed by atoms with E-state index in [9.17, 15) is 0 Å². The van der Waals surface area contributed by atoms with Gasteiger partial charge in [-0.3, -0.25) is 0 Å². The van der Waals surface area contributed by atoms with Crippen molar-refractivity contribution in [1.82, 2.24) is 10.2 Å². The number of hydrogen-bond donors (Lipinski definition) is 1. The van der Waals surface area contributed by atoms with Gasteiger partial charge in [0.2, 0.25) is 0 Å². The number of hydrogen-bond acceptors (Lipinski definition) is 2. The lowest BCUT2D eigenvalue weighted by Gasteiger charge is -2.31. The van der Waals surface area contributed by atoms with E-state index in [1.807, 2.05) is 0 Å². The molecule has 2 rings (SSSR count). The predicted octanol–water partition coefficient (Wildman–Crippen LogP) is 1.75. The van der Waals surface area contributed by atoms with Crippen LogP contribution in [0.1, 0.15) is 16.7 Å². The van der Waals surface area contributed by atoms with Crippen molar-refractivity contribution in [1.29, 1.82) is 0 Å². The number of rotatable bonds is 2. The van der Waals surface area contributed by atoms with Crippen molar-refractivity contribution in [3.05, 3.63) is 34.9 Å². The molecule has 1 aromatic carbocycles. The van der Waals surface area contributed by atoms with Gasteiger partial charge in [-0.1, -0.05) is 29.3 Å². The molecule has 0 radical (unpaired) electrons. The molecule has 0 aromatic heterocycles. The molecule has 1 aromatic rings. The van der Waals surface area contributed by atoms with E-state index >= 15 is 0 Å². The largest absolute Gasteiger partial charge is 0.311 e. The van der Waals surface area contributed by atoms with Crippen molar-refractivity contribution in [2.24, 2.45) is 0 Å². The van der Waals surface area contributed by atoms with Crippen LogP contribution in [0.5, 0.6) is 0 Å². The number of benzene rings is 1. The van der Waals surface area contributed by atoms with Crippen LogP contribution >= 0.6 is 0 Å². The van der Waals surface area contributed by atoms with Crippen LogP contribution in [0, 0.1) is 13.8 Å². The van der Waals surface area contributed by atoms with Crippen LogP contribution in [-0.2, 0) is 6.42 Å². The van der Waals surface area contributed by atoms with Crippen LogP contribution in [0.3, 0.4) is 0 Å². The van der Waals surface area contributed by atoms with Crippen LogP contribution in [0.2, 0.25) is 0 Å². The molecule has 2 nitrogen and oxygen atoms in total. The zero-order valence-corrected chi connectivity index (χ0v) is 10.6. The van der Waals surface area contributed by atoms with Crippen molar-refractivity contribution in [3.8, 4) is 0 Å². The molecule has 1 N–H and O–H groups in total. The summed E-state index contributed by atoms with van der Waals surface area (Å²) in [5.74, 6) is 0. The molecular formula is C14H22N2. The SMILES string of the molecule is Cc1cc(C)cc(CC2CN(C)CCN2)c1. The Morgan fingerprint density at radius 3 is 2.56 bits per heavy atom. The van der Waals surface area contributed by atoms with Crippen LogP contribution in [0.15, 0.2) is 18.2 Å². The standard InChI is InChI=1S/C14H22N2/c1-11-6-12(2)8-13(7-11)9-14-10-16(3)5-4-15-14/h6-8,14-15H,4-5,9-10H2,1-3H3. The minimum atomic E-state index is 0.611. The Kier molecular flexibility index (Phi) is 3.62. The summed E-state index contributed by atoms with van der Waals surface area (Å²) >= 11 is 0. The molecule has 1 fully saturated rings. The second-order valence-corrected chi connectivity index (χ2v) is 5.11. The Hall–Kier alpha value is -0.860. The molecule has 1 aliphatic rings. The molecule has 16 heavy (non-hydrogen) atoms. The monoisotopic (exact) mass is 218 g/mol. The molecule has 88 valence electrons. The van der Waals surface area contributed by atoms with E-state index in [-0.39, 0.29) is 0 Å². The lowest BCUT2D eigenvalue weighted by atomic mass is 10.00. The summed E-state index contributed by atoms with van der Waals surface area (Å²) in [5.41, 5.74) is 4.21. The fraction of sp³-hybridized carbons (Fsp3) is 0.571. The van der Waals surface area contributed by atoms with Gasteiger partial charge in [0.1, 0.15) is 0 Å². The van der Waals surface area contributed by atoms with Crippen LogP contribution in [0.25, 0.3) is 0 Å². The minimum absolute atomic E-state index is 0.611. The highest BCUT2D eigenvalue weighted by atomic mass is 15.2. The Morgan fingerprint density at radius 1 is 1.25 bits per heavy atom. The van der Waals surface area contributed by atoms with E-state index < -0.39 is 0 Å². The predicted molar refractivity (Wildman–Crippen MR) is 68.9 cm³/mol. The molecule has 1 atom stereocenters. The summed E-state index contributed by atoms with van der Waals surface area (Å²) in [5, 5.41) is 3.60. The van der Waals surface area contributed by atoms with Crippen LogP contribution < -0.4 is 5.32 Å². The third-order valence-electron chi connectivity index (χ3n) is 3.22. The molecule has 0 aliphatic carbocycles. The number of nitrogens with one attached hydrogen (secondary N) is 1. The number of likely N-dealkylation sites (N-methyl/N-ethyl adjacent to an activating group) is 1. The molecule has 1 unspecified atom stereocenters. The Bertz CT molecular complexity index is 340. The minimum Gasteiger partial charge on any atom is -0.311 e. The zero-order valence-electron chi connectivity index (χ0n) is 10.6. The van der Waals surface area contributed by atoms with E-state index in [2.05, 4.69) is 49.3 Å². The average molecular weight is 218 g/mol. The second kappa shape index (κ2) is 4.98. The van der Waals surface area contributed by atoms with Crippen LogP contribution in [0.4, 0.5) is 0 Å². The van der Waals surface area contributed by atoms with Gasteiger partial charge in [0.25, 0.3) is 0 Å². The first-order valence-corrected chi connectivity index (χ1v) is 6.12. The highest BCUT2D eigenvalue weighted by Gasteiger charge is 2.16. The molecule has 0 spiro atoms. The van der Waals surface area contributed by atoms with E-state index in [0.29, 0.717) is 6.04 Å². The zero-order chi connectivity index (χ0) is 11.5. The fourth-order valence-electron chi connectivity index (χ4n) is 2.60. The Labute approximate surface area is 98.7 Å². The Morgan fingerprint density at radius 2 is 1.94 bits per heavy atom. The van der Waals surface area contributed by atoms with Gasteiger partial charge in [0, 0.05) is 25.7 Å². The van der Waals surface area contributed by atoms with Gasteiger partial charge in [0.05, 0.1) is 0 Å². The molecule has 1 heterocycles. The summed E-state index contributed by atoms with van der Waals surface area (Å²) in [4.78, 5) is 2.41. The van der Waals surface area contributed by atoms with Gasteiger partial charge in [-0.15, -0.1) is 0 Å². The molecular weight excluding hydrogens is 196 g/mol. The molecule has 1 aliphatic heterocycles. The van der Waals surface area contributed by atoms with E-state index in [1.54, 1.807) is 0 Å². The molecule has 1 saturated heterocycles. The summed E-state index contributed by atoms with van der Waals surface area (Å²) in [6, 6.07) is 7.47. The van der Waals surface area contributed by atoms with Gasteiger partial charge < -0.3 is 10.2 Å². The highest BCUT2D eigenvalue weighted by Crippen LogP contribution is 2.12. The molecule has 0 bridgehead atoms. The second-order valence-electron chi connectivity index (χ2n) is 5.11. The van der Waals surface area contributed by atoms with Crippen molar-refractivity contribution in [2.75, 3.05) is 26.7 Å². The van der Waals surface area contributed by atoms with E-state index in [1.165, 1.54) is 23.2 Å². The Balaban J connectivity index is 2.02. The van der Waals surface area contributed by atoms with Crippen molar-refractivity contribution < 1.29 is 0 Å². The van der Waals surface area contributed by atoms with Gasteiger partial charge in [-0.25, -0.2) is 0 Å². The normalized spacial score (nSPS) is 22.3. The fourth-order valence-corrected chi connectivity index (χ4v) is 2.60. The smallest absolute Gasteiger partial charge is 0.0235 e. The number of nitrogens with zero attached hydrogens (tertiary/aromatic N) is 1. The maximum Gasteiger partial charge on any atom is 0.0235 e. The average Bonchev–Trinajstić information content (AvgIpc) is 2.15. The van der Waals surface area contributed by atoms with Gasteiger partial charge in [0.15, 0.2) is 0 Å². The van der Waals surface area contributed by atoms with E-state index in [0.717, 1.165) is 19.5 Å². The summed E-state index contributed by atoms with van der Waals surface area (Å²) in [7, 11) is 2.20. The van der Waals surface area contributed by atoms with Crippen LogP contribution in [-0.4, -0.2) is 37.6 Å². The summed E-state index contributed by atoms with van der Waals surface area (Å²) in [6.45, 7) is 7.80. The topological polar surface area (TPSA) is 15.3 Å². The van der Waals surface area contributed by atoms with E-state index in [4.69, 9.17) is 0 Å². The first-order chi connectivity index (χ1) is 7.63. The quantitative estimate of drug-likeness (QED) is 0.813. The van der Waals surface area contributed by atoms with Crippen molar-refractivity contribution in [3.63, 3.8) is 0 Å². The number of aryl methyl sites for hydroxylation is 2. The van der Waals surface area contributed by atoms with Gasteiger partial charge in [-0.05, 0) is 32.9 Å². The first kappa shape index (κ1) is 11.6. The van der Waals surface area contributed by atoms with Crippen molar-refractivity contribution in [2.45, 2.75) is 26.3 Å². The molecule has 2 heteroatoms. The number of piperazine rings is 1. The summed E-state index contributed by atoms with van der Waals surface area (Å²) < 4.78 is 0. The van der Waals surface area contributed by atoms with Crippen molar-refractivity contribution >= 4 is 0 Å². The van der Waals surface area contributed by atoms with Gasteiger partial charge >= 0.3 is 0 Å². The van der Waals surface area contributed by atoms with Gasteiger partial charge in [-0.2, -0.15) is 0 Å². The highest BCUT2D eigenvalue weighted by molar-refractivity contribution is 5.29.